The van der Waals surface area contributed by atoms with Gasteiger partial charge in [-0.2, -0.15) is 0 Å². The summed E-state index contributed by atoms with van der Waals surface area (Å²) in [5, 5.41) is 18.0. The van der Waals surface area contributed by atoms with Gasteiger partial charge in [0, 0.05) is 0 Å². The van der Waals surface area contributed by atoms with Crippen LogP contribution in [0.2, 0.25) is 0 Å². The van der Waals surface area contributed by atoms with Gasteiger partial charge in [0.05, 0.1) is 6.04 Å². The molecule has 1 unspecified atom stereocenters. The number of hydrogen-bond acceptors (Lipinski definition) is 3. The molecule has 0 spiro atoms. The van der Waals surface area contributed by atoms with E-state index < -0.39 is 0 Å². The van der Waals surface area contributed by atoms with Gasteiger partial charge in [-0.25, -0.2) is 0 Å². The van der Waals surface area contributed by atoms with E-state index in [4.69, 9.17) is 10.4 Å². The summed E-state index contributed by atoms with van der Waals surface area (Å²) >= 11 is 0. The van der Waals surface area contributed by atoms with Crippen LogP contribution in [0, 0.1) is 0 Å². The minimum absolute atomic E-state index is 0.137. The van der Waals surface area contributed by atoms with Crippen LogP contribution in [0.3, 0.4) is 0 Å². The molecule has 0 radical (unpaired) electrons. The summed E-state index contributed by atoms with van der Waals surface area (Å²) in [5.41, 5.74) is 0. The van der Waals surface area contributed by atoms with Crippen molar-refractivity contribution in [3.63, 3.8) is 0 Å². The number of nitrogens with zero attached hydrogens (tertiary/aromatic N) is 1. The largest absolute Gasteiger partial charge is 0.289 e. The Bertz CT molecular complexity index is 198. The van der Waals surface area contributed by atoms with Gasteiger partial charge in [-0.15, -0.1) is 0 Å². The first-order chi connectivity index (χ1) is 10.2. The van der Waals surface area contributed by atoms with E-state index in [9.17, 15) is 0 Å². The minimum atomic E-state index is -0.137. The van der Waals surface area contributed by atoms with E-state index >= 15 is 0 Å². The monoisotopic (exact) mass is 301 g/mol. The maximum Gasteiger partial charge on any atom is 0.0595 e. The smallest absolute Gasteiger partial charge is 0.0595 e. The Morgan fingerprint density at radius 3 is 1.29 bits per heavy atom. The summed E-state index contributed by atoms with van der Waals surface area (Å²) in [4.78, 5) is 0. The molecule has 0 saturated carbocycles. The topological polar surface area (TPSA) is 43.7 Å². The third kappa shape index (κ3) is 16.1. The highest BCUT2D eigenvalue weighted by Crippen LogP contribution is 2.14. The molecule has 0 aliphatic heterocycles. The van der Waals surface area contributed by atoms with E-state index in [2.05, 4.69) is 6.92 Å². The Morgan fingerprint density at radius 1 is 0.619 bits per heavy atom. The summed E-state index contributed by atoms with van der Waals surface area (Å²) in [6.07, 6.45) is 19.9. The number of hydroxylamine groups is 2. The van der Waals surface area contributed by atoms with Crippen LogP contribution in [0.25, 0.3) is 0 Å². The minimum Gasteiger partial charge on any atom is -0.289 e. The molecule has 128 valence electrons. The Kier molecular flexibility index (Phi) is 16.2. The van der Waals surface area contributed by atoms with Gasteiger partial charge in [-0.05, 0) is 13.3 Å². The van der Waals surface area contributed by atoms with E-state index in [0.29, 0.717) is 5.23 Å². The maximum atomic E-state index is 8.81. The lowest BCUT2D eigenvalue weighted by atomic mass is 10.0. The predicted molar refractivity (Wildman–Crippen MR) is 89.8 cm³/mol. The van der Waals surface area contributed by atoms with E-state index in [1.54, 1.807) is 0 Å². The number of hydrogen-bond donors (Lipinski definition) is 2. The maximum absolute atomic E-state index is 8.81. The van der Waals surface area contributed by atoms with Crippen molar-refractivity contribution in [2.75, 3.05) is 0 Å². The fourth-order valence-electron chi connectivity index (χ4n) is 2.75. The molecular weight excluding hydrogens is 262 g/mol. The first kappa shape index (κ1) is 20.9. The molecule has 3 nitrogen and oxygen atoms in total. The highest BCUT2D eigenvalue weighted by molar-refractivity contribution is 4.54. The molecule has 0 rings (SSSR count). The molecule has 0 aliphatic rings. The van der Waals surface area contributed by atoms with Gasteiger partial charge in [0.2, 0.25) is 0 Å². The van der Waals surface area contributed by atoms with Gasteiger partial charge in [-0.1, -0.05) is 102 Å². The standard InChI is InChI=1S/C18H39NO2/c1-3-4-5-6-7-8-9-10-11-12-13-14-15-16-17-18(2)19(20)21/h18,20-21H,3-17H2,1-2H3. The fourth-order valence-corrected chi connectivity index (χ4v) is 2.75. The second-order valence-corrected chi connectivity index (χ2v) is 6.55. The Labute approximate surface area is 132 Å². The van der Waals surface area contributed by atoms with E-state index in [1.807, 2.05) is 6.92 Å². The third-order valence-electron chi connectivity index (χ3n) is 4.37. The van der Waals surface area contributed by atoms with Crippen molar-refractivity contribution in [3.05, 3.63) is 0 Å². The molecule has 0 aliphatic carbocycles. The van der Waals surface area contributed by atoms with Crippen molar-refractivity contribution in [3.8, 4) is 0 Å². The number of rotatable bonds is 16. The lowest BCUT2D eigenvalue weighted by molar-refractivity contribution is -0.329. The molecule has 2 N–H and O–H groups in total. The van der Waals surface area contributed by atoms with Crippen LogP contribution in [-0.4, -0.2) is 21.7 Å². The first-order valence-corrected chi connectivity index (χ1v) is 9.35. The number of unbranched alkanes of at least 4 members (excludes halogenated alkanes) is 13. The normalized spacial score (nSPS) is 13.0. The zero-order valence-corrected chi connectivity index (χ0v) is 14.5. The van der Waals surface area contributed by atoms with Gasteiger partial charge in [-0.3, -0.25) is 10.4 Å². The van der Waals surface area contributed by atoms with Crippen molar-refractivity contribution in [2.45, 2.75) is 116 Å². The highest BCUT2D eigenvalue weighted by atomic mass is 16.8. The second-order valence-electron chi connectivity index (χ2n) is 6.55. The molecule has 0 saturated heterocycles. The van der Waals surface area contributed by atoms with Gasteiger partial charge in [0.15, 0.2) is 0 Å². The molecular formula is C18H39NO2. The summed E-state index contributed by atoms with van der Waals surface area (Å²) in [6.45, 7) is 4.11. The molecule has 0 bridgehead atoms. The van der Waals surface area contributed by atoms with Gasteiger partial charge < -0.3 is 0 Å². The molecule has 21 heavy (non-hydrogen) atoms. The molecule has 0 heterocycles. The summed E-state index contributed by atoms with van der Waals surface area (Å²) in [5.74, 6) is 0. The third-order valence-corrected chi connectivity index (χ3v) is 4.37. The van der Waals surface area contributed by atoms with Gasteiger partial charge in [0.1, 0.15) is 0 Å². The van der Waals surface area contributed by atoms with Crippen LogP contribution in [-0.2, 0) is 0 Å². The Balaban J connectivity index is 3.03. The zero-order chi connectivity index (χ0) is 15.8. The first-order valence-electron chi connectivity index (χ1n) is 9.35. The predicted octanol–water partition coefficient (Wildman–Crippen LogP) is 6.33. The Hall–Kier alpha value is -0.120. The quantitative estimate of drug-likeness (QED) is 0.259. The van der Waals surface area contributed by atoms with Crippen LogP contribution in [0.1, 0.15) is 110 Å². The molecule has 1 atom stereocenters. The average Bonchev–Trinajstić information content (AvgIpc) is 2.47. The van der Waals surface area contributed by atoms with Crippen molar-refractivity contribution in [2.24, 2.45) is 0 Å². The molecule has 0 aromatic heterocycles. The lowest BCUT2D eigenvalue weighted by Crippen LogP contribution is -2.25. The zero-order valence-electron chi connectivity index (χ0n) is 14.5. The summed E-state index contributed by atoms with van der Waals surface area (Å²) < 4.78 is 0. The second kappa shape index (κ2) is 16.3. The highest BCUT2D eigenvalue weighted by Gasteiger charge is 2.06. The summed E-state index contributed by atoms with van der Waals surface area (Å²) in [6, 6.07) is -0.137. The van der Waals surface area contributed by atoms with Crippen LogP contribution < -0.4 is 0 Å². The molecule has 0 aromatic carbocycles. The van der Waals surface area contributed by atoms with Crippen LogP contribution in [0.15, 0.2) is 0 Å². The SMILES string of the molecule is CCCCCCCCCCCCCCCCC(C)N(O)O. The fraction of sp³-hybridized carbons (Fsp3) is 1.00. The van der Waals surface area contributed by atoms with E-state index in [0.717, 1.165) is 12.8 Å². The molecule has 0 fully saturated rings. The van der Waals surface area contributed by atoms with Crippen LogP contribution >= 0.6 is 0 Å². The average molecular weight is 302 g/mol. The van der Waals surface area contributed by atoms with E-state index in [-0.39, 0.29) is 6.04 Å². The molecule has 0 amide bonds. The lowest BCUT2D eigenvalue weighted by Gasteiger charge is -2.14. The van der Waals surface area contributed by atoms with E-state index in [1.165, 1.54) is 83.5 Å². The molecule has 3 heteroatoms. The van der Waals surface area contributed by atoms with Gasteiger partial charge in [0.25, 0.3) is 0 Å². The van der Waals surface area contributed by atoms with Crippen molar-refractivity contribution < 1.29 is 10.4 Å². The van der Waals surface area contributed by atoms with Crippen molar-refractivity contribution in [1.82, 2.24) is 5.23 Å². The van der Waals surface area contributed by atoms with Crippen LogP contribution in [0.5, 0.6) is 0 Å². The van der Waals surface area contributed by atoms with Crippen molar-refractivity contribution in [1.29, 1.82) is 0 Å². The molecule has 0 aromatic rings. The summed E-state index contributed by atoms with van der Waals surface area (Å²) in [7, 11) is 0. The van der Waals surface area contributed by atoms with Crippen molar-refractivity contribution >= 4 is 0 Å². The van der Waals surface area contributed by atoms with Gasteiger partial charge >= 0.3 is 0 Å². The van der Waals surface area contributed by atoms with Crippen LogP contribution in [0.4, 0.5) is 0 Å². The Morgan fingerprint density at radius 2 is 0.952 bits per heavy atom.